The third-order valence-electron chi connectivity index (χ3n) is 5.91. The molecule has 1 atom stereocenters. The number of anilines is 1. The van der Waals surface area contributed by atoms with Crippen LogP contribution in [-0.2, 0) is 14.8 Å². The summed E-state index contributed by atoms with van der Waals surface area (Å²) in [6, 6.07) is 31.8. The second kappa shape index (κ2) is 11.1. The average molecular weight is 501 g/mol. The van der Waals surface area contributed by atoms with Gasteiger partial charge in [0.2, 0.25) is 5.91 Å². The number of ether oxygens (including phenoxy) is 1. The third kappa shape index (κ3) is 5.42. The minimum atomic E-state index is -4.06. The number of hydrogen-bond donors (Lipinski definition) is 1. The Hall–Kier alpha value is -4.10. The van der Waals surface area contributed by atoms with Crippen LogP contribution in [0.5, 0.6) is 5.75 Å². The van der Waals surface area contributed by atoms with Gasteiger partial charge in [0.1, 0.15) is 12.3 Å². The van der Waals surface area contributed by atoms with Crippen LogP contribution in [0.15, 0.2) is 114 Å². The van der Waals surface area contributed by atoms with Gasteiger partial charge in [0.05, 0.1) is 23.7 Å². The molecule has 0 heterocycles. The van der Waals surface area contributed by atoms with Gasteiger partial charge in [0, 0.05) is 0 Å². The fourth-order valence-corrected chi connectivity index (χ4v) is 5.54. The third-order valence-corrected chi connectivity index (χ3v) is 7.68. The topological polar surface area (TPSA) is 75.7 Å². The molecule has 1 unspecified atom stereocenters. The van der Waals surface area contributed by atoms with Crippen molar-refractivity contribution in [3.8, 4) is 5.75 Å². The van der Waals surface area contributed by atoms with Crippen LogP contribution in [0.1, 0.15) is 22.7 Å². The maximum Gasteiger partial charge on any atom is 0.264 e. The van der Waals surface area contributed by atoms with Gasteiger partial charge < -0.3 is 10.1 Å². The van der Waals surface area contributed by atoms with Gasteiger partial charge in [-0.1, -0.05) is 84.9 Å². The molecule has 0 aliphatic carbocycles. The highest BCUT2D eigenvalue weighted by molar-refractivity contribution is 7.92. The first-order valence-electron chi connectivity index (χ1n) is 11.5. The molecule has 0 spiro atoms. The fraction of sp³-hybridized carbons (Fsp3) is 0.138. The zero-order valence-corrected chi connectivity index (χ0v) is 21.0. The van der Waals surface area contributed by atoms with E-state index in [2.05, 4.69) is 5.32 Å². The number of hydrogen-bond acceptors (Lipinski definition) is 4. The van der Waals surface area contributed by atoms with Crippen molar-refractivity contribution in [1.82, 2.24) is 5.32 Å². The summed E-state index contributed by atoms with van der Waals surface area (Å²) in [6.07, 6.45) is 0. The highest BCUT2D eigenvalue weighted by Crippen LogP contribution is 2.32. The maximum absolute atomic E-state index is 13.7. The SMILES string of the molecule is COc1ccccc1N(CC(=O)NC(c1ccccc1)c1ccccc1C)S(=O)(=O)c1ccccc1. The number of nitrogens with zero attached hydrogens (tertiary/aromatic N) is 1. The number of carbonyl (C=O) groups is 1. The van der Waals surface area contributed by atoms with E-state index in [9.17, 15) is 13.2 Å². The number of nitrogens with one attached hydrogen (secondary N) is 1. The van der Waals surface area contributed by atoms with E-state index < -0.39 is 28.5 Å². The standard InChI is InChI=1S/C29H28N2O4S/c1-22-13-9-10-18-25(22)29(23-14-5-3-6-15-23)30-28(32)21-31(26-19-11-12-20-27(26)35-2)36(33,34)24-16-7-4-8-17-24/h3-20,29H,21H2,1-2H3,(H,30,32). The Bertz CT molecular complexity index is 1420. The fourth-order valence-electron chi connectivity index (χ4n) is 4.09. The molecule has 0 aliphatic heterocycles. The predicted octanol–water partition coefficient (Wildman–Crippen LogP) is 5.10. The minimum absolute atomic E-state index is 0.0854. The summed E-state index contributed by atoms with van der Waals surface area (Å²) in [4.78, 5) is 13.6. The van der Waals surface area contributed by atoms with Crippen LogP contribution >= 0.6 is 0 Å². The minimum Gasteiger partial charge on any atom is -0.495 e. The van der Waals surface area contributed by atoms with Gasteiger partial charge in [-0.05, 0) is 47.9 Å². The summed E-state index contributed by atoms with van der Waals surface area (Å²) >= 11 is 0. The van der Waals surface area contributed by atoms with Gasteiger partial charge in [0.25, 0.3) is 10.0 Å². The van der Waals surface area contributed by atoms with E-state index in [1.165, 1.54) is 19.2 Å². The Morgan fingerprint density at radius 3 is 2.08 bits per heavy atom. The Labute approximate surface area is 212 Å². The van der Waals surface area contributed by atoms with E-state index in [0.717, 1.165) is 21.0 Å². The van der Waals surface area contributed by atoms with Crippen molar-refractivity contribution in [3.05, 3.63) is 126 Å². The Balaban J connectivity index is 1.72. The maximum atomic E-state index is 13.7. The van der Waals surface area contributed by atoms with Gasteiger partial charge in [-0.2, -0.15) is 0 Å². The predicted molar refractivity (Wildman–Crippen MR) is 142 cm³/mol. The molecule has 0 bridgehead atoms. The van der Waals surface area contributed by atoms with Crippen molar-refractivity contribution in [3.63, 3.8) is 0 Å². The highest BCUT2D eigenvalue weighted by atomic mass is 32.2. The summed E-state index contributed by atoms with van der Waals surface area (Å²) < 4.78 is 33.9. The molecular weight excluding hydrogens is 472 g/mol. The largest absolute Gasteiger partial charge is 0.495 e. The lowest BCUT2D eigenvalue weighted by molar-refractivity contribution is -0.120. The smallest absolute Gasteiger partial charge is 0.264 e. The lowest BCUT2D eigenvalue weighted by Gasteiger charge is -2.27. The number of benzene rings is 4. The number of methoxy groups -OCH3 is 1. The van der Waals surface area contributed by atoms with Crippen LogP contribution in [0, 0.1) is 6.92 Å². The van der Waals surface area contributed by atoms with Crippen molar-refractivity contribution >= 4 is 21.6 Å². The summed E-state index contributed by atoms with van der Waals surface area (Å²) in [6.45, 7) is 1.56. The number of sulfonamides is 1. The first-order chi connectivity index (χ1) is 17.4. The molecule has 7 heteroatoms. The van der Waals surface area contributed by atoms with Crippen molar-refractivity contribution in [2.75, 3.05) is 18.0 Å². The summed E-state index contributed by atoms with van der Waals surface area (Å²) in [5.41, 5.74) is 3.14. The lowest BCUT2D eigenvalue weighted by Crippen LogP contribution is -2.42. The highest BCUT2D eigenvalue weighted by Gasteiger charge is 2.30. The zero-order chi connectivity index (χ0) is 25.5. The van der Waals surface area contributed by atoms with E-state index in [4.69, 9.17) is 4.74 Å². The van der Waals surface area contributed by atoms with Crippen LogP contribution in [0.4, 0.5) is 5.69 Å². The van der Waals surface area contributed by atoms with Gasteiger partial charge in [-0.3, -0.25) is 9.10 Å². The number of aryl methyl sites for hydroxylation is 1. The Kier molecular flexibility index (Phi) is 7.71. The molecule has 184 valence electrons. The second-order valence-corrected chi connectivity index (χ2v) is 10.1. The van der Waals surface area contributed by atoms with Crippen LogP contribution in [0.3, 0.4) is 0 Å². The number of carbonyl (C=O) groups excluding carboxylic acids is 1. The zero-order valence-electron chi connectivity index (χ0n) is 20.2. The van der Waals surface area contributed by atoms with Crippen LogP contribution in [0.2, 0.25) is 0 Å². The van der Waals surface area contributed by atoms with E-state index in [0.29, 0.717) is 5.75 Å². The van der Waals surface area contributed by atoms with E-state index in [1.54, 1.807) is 42.5 Å². The molecule has 4 aromatic rings. The van der Waals surface area contributed by atoms with Crippen molar-refractivity contribution < 1.29 is 17.9 Å². The summed E-state index contributed by atoms with van der Waals surface area (Å²) in [7, 11) is -2.59. The molecule has 0 saturated carbocycles. The van der Waals surface area contributed by atoms with E-state index >= 15 is 0 Å². The summed E-state index contributed by atoms with van der Waals surface area (Å²) in [5, 5.41) is 3.07. The van der Waals surface area contributed by atoms with Gasteiger partial charge in [-0.15, -0.1) is 0 Å². The van der Waals surface area contributed by atoms with Crippen LogP contribution in [-0.4, -0.2) is 28.0 Å². The van der Waals surface area contributed by atoms with Gasteiger partial charge >= 0.3 is 0 Å². The van der Waals surface area contributed by atoms with E-state index in [1.807, 2.05) is 61.5 Å². The van der Waals surface area contributed by atoms with Crippen molar-refractivity contribution in [2.24, 2.45) is 0 Å². The van der Waals surface area contributed by atoms with Crippen LogP contribution < -0.4 is 14.4 Å². The summed E-state index contributed by atoms with van der Waals surface area (Å²) in [5.74, 6) is -0.0964. The molecular formula is C29H28N2O4S. The Morgan fingerprint density at radius 2 is 1.42 bits per heavy atom. The first-order valence-corrected chi connectivity index (χ1v) is 13.0. The van der Waals surface area contributed by atoms with Gasteiger partial charge in [0.15, 0.2) is 0 Å². The monoisotopic (exact) mass is 500 g/mol. The molecule has 0 radical (unpaired) electrons. The molecule has 0 saturated heterocycles. The van der Waals surface area contributed by atoms with Crippen molar-refractivity contribution in [2.45, 2.75) is 17.9 Å². The van der Waals surface area contributed by atoms with Crippen LogP contribution in [0.25, 0.3) is 0 Å². The molecule has 36 heavy (non-hydrogen) atoms. The molecule has 0 aromatic heterocycles. The number of para-hydroxylation sites is 2. The first kappa shape index (κ1) is 25.0. The molecule has 1 N–H and O–H groups in total. The molecule has 6 nitrogen and oxygen atoms in total. The number of amides is 1. The van der Waals surface area contributed by atoms with Crippen molar-refractivity contribution in [1.29, 1.82) is 0 Å². The molecule has 1 amide bonds. The molecule has 4 aromatic carbocycles. The average Bonchev–Trinajstić information content (AvgIpc) is 2.92. The second-order valence-electron chi connectivity index (χ2n) is 8.26. The molecule has 0 fully saturated rings. The quantitative estimate of drug-likeness (QED) is 0.347. The lowest BCUT2D eigenvalue weighted by atomic mass is 9.95. The number of rotatable bonds is 9. The molecule has 4 rings (SSSR count). The normalized spacial score (nSPS) is 11.9. The van der Waals surface area contributed by atoms with E-state index in [-0.39, 0.29) is 10.6 Å². The Morgan fingerprint density at radius 1 is 0.833 bits per heavy atom. The van der Waals surface area contributed by atoms with Gasteiger partial charge in [-0.25, -0.2) is 8.42 Å². The molecule has 0 aliphatic rings.